The highest BCUT2D eigenvalue weighted by Gasteiger charge is 2.05. The molecule has 0 radical (unpaired) electrons. The Bertz CT molecular complexity index is 989. The van der Waals surface area contributed by atoms with Gasteiger partial charge >= 0.3 is 0 Å². The zero-order valence-corrected chi connectivity index (χ0v) is 14.7. The fourth-order valence-electron chi connectivity index (χ4n) is 2.08. The quantitative estimate of drug-likeness (QED) is 0.404. The Labute approximate surface area is 158 Å². The van der Waals surface area contributed by atoms with Gasteiger partial charge in [-0.2, -0.15) is 0 Å². The van der Waals surface area contributed by atoms with Crippen molar-refractivity contribution in [2.45, 2.75) is 0 Å². The Morgan fingerprint density at radius 2 is 1.85 bits per heavy atom. The summed E-state index contributed by atoms with van der Waals surface area (Å²) in [6.07, 6.45) is 2.95. The first kappa shape index (κ1) is 17.8. The molecule has 3 aromatic heterocycles. The normalized spacial score (nSPS) is 10.1. The molecule has 26 heavy (non-hydrogen) atoms. The molecular formula is C17H12Cl2N6O. The monoisotopic (exact) mass is 386 g/mol. The van der Waals surface area contributed by atoms with Crippen LogP contribution in [0, 0.1) is 0 Å². The second-order valence-electron chi connectivity index (χ2n) is 4.97. The van der Waals surface area contributed by atoms with Crippen molar-refractivity contribution in [2.24, 2.45) is 0 Å². The zero-order valence-electron chi connectivity index (χ0n) is 13.2. The molecular weight excluding hydrogens is 375 g/mol. The number of halogens is 2. The summed E-state index contributed by atoms with van der Waals surface area (Å²) in [5.74, 6) is 0.313. The standard InChI is InChI=1S/C12H9N3.C5H3Cl2N3O/c1-2-6-10-9(5-1)14-12(15-10)11-7-3-4-8-13-11;6-4-1-3(5(11)10-7)8-2-9-4/h1-8H,(H,14,15);1-2H,(H,10,11). The Kier molecular flexibility index (Phi) is 5.73. The number of nitrogens with one attached hydrogen (secondary N) is 2. The number of H-pyrrole nitrogens is 1. The van der Waals surface area contributed by atoms with Crippen LogP contribution in [-0.2, 0) is 0 Å². The molecule has 4 rings (SSSR count). The number of amides is 1. The SMILES string of the molecule is O=C(NCl)c1cc(Cl)ncn1.c1ccc(-c2nc3ccccc3[nH]2)nc1. The number of benzene rings is 1. The van der Waals surface area contributed by atoms with Gasteiger partial charge in [0.15, 0.2) is 5.82 Å². The predicted molar refractivity (Wildman–Crippen MR) is 99.7 cm³/mol. The first-order chi connectivity index (χ1) is 12.7. The van der Waals surface area contributed by atoms with E-state index in [2.05, 4.69) is 24.9 Å². The number of aromatic nitrogens is 5. The first-order valence-electron chi connectivity index (χ1n) is 7.42. The summed E-state index contributed by atoms with van der Waals surface area (Å²) >= 11 is 10.5. The number of hydrogen-bond acceptors (Lipinski definition) is 5. The molecule has 1 aromatic carbocycles. The van der Waals surface area contributed by atoms with Crippen LogP contribution in [0.1, 0.15) is 10.5 Å². The molecule has 0 aliphatic rings. The van der Waals surface area contributed by atoms with E-state index in [1.807, 2.05) is 47.3 Å². The lowest BCUT2D eigenvalue weighted by Gasteiger charge is -1.94. The third-order valence-electron chi connectivity index (χ3n) is 3.25. The maximum Gasteiger partial charge on any atom is 0.284 e. The van der Waals surface area contributed by atoms with Crippen molar-refractivity contribution in [1.82, 2.24) is 29.8 Å². The fraction of sp³-hybridized carbons (Fsp3) is 0. The molecule has 0 spiro atoms. The summed E-state index contributed by atoms with van der Waals surface area (Å²) in [5, 5.41) is 0.204. The molecule has 4 aromatic rings. The summed E-state index contributed by atoms with van der Waals surface area (Å²) < 4.78 is 0. The van der Waals surface area contributed by atoms with Gasteiger partial charge in [0.05, 0.1) is 11.0 Å². The van der Waals surface area contributed by atoms with Crippen LogP contribution in [0.5, 0.6) is 0 Å². The average molecular weight is 387 g/mol. The third-order valence-corrected chi connectivity index (χ3v) is 3.63. The number of rotatable bonds is 2. The van der Waals surface area contributed by atoms with E-state index in [4.69, 9.17) is 23.4 Å². The number of fused-ring (bicyclic) bond motifs is 1. The van der Waals surface area contributed by atoms with Crippen LogP contribution < -0.4 is 4.84 Å². The highest BCUT2D eigenvalue weighted by Crippen LogP contribution is 2.17. The lowest BCUT2D eigenvalue weighted by atomic mass is 10.3. The van der Waals surface area contributed by atoms with Crippen LogP contribution in [-0.4, -0.2) is 30.8 Å². The summed E-state index contributed by atoms with van der Waals surface area (Å²) in [7, 11) is 0. The van der Waals surface area contributed by atoms with E-state index in [0.717, 1.165) is 22.6 Å². The maximum atomic E-state index is 10.8. The first-order valence-corrected chi connectivity index (χ1v) is 8.17. The van der Waals surface area contributed by atoms with E-state index in [1.165, 1.54) is 12.4 Å². The van der Waals surface area contributed by atoms with E-state index in [-0.39, 0.29) is 10.8 Å². The molecule has 0 aliphatic heterocycles. The second kappa shape index (κ2) is 8.37. The minimum absolute atomic E-state index is 0.139. The van der Waals surface area contributed by atoms with Crippen molar-refractivity contribution < 1.29 is 4.79 Å². The Balaban J connectivity index is 0.000000160. The van der Waals surface area contributed by atoms with Gasteiger partial charge in [0.25, 0.3) is 5.91 Å². The van der Waals surface area contributed by atoms with Crippen molar-refractivity contribution in [1.29, 1.82) is 0 Å². The molecule has 7 nitrogen and oxygen atoms in total. The van der Waals surface area contributed by atoms with E-state index in [0.29, 0.717) is 0 Å². The lowest BCUT2D eigenvalue weighted by molar-refractivity contribution is 0.0977. The van der Waals surface area contributed by atoms with Gasteiger partial charge in [0.1, 0.15) is 22.9 Å². The van der Waals surface area contributed by atoms with Crippen molar-refractivity contribution in [3.05, 3.63) is 71.9 Å². The summed E-state index contributed by atoms with van der Waals surface area (Å²) in [6, 6.07) is 15.1. The van der Waals surface area contributed by atoms with E-state index in [9.17, 15) is 4.79 Å². The van der Waals surface area contributed by atoms with Crippen molar-refractivity contribution in [3.63, 3.8) is 0 Å². The van der Waals surface area contributed by atoms with E-state index in [1.54, 1.807) is 6.20 Å². The minimum Gasteiger partial charge on any atom is -0.337 e. The van der Waals surface area contributed by atoms with Crippen LogP contribution in [0.3, 0.4) is 0 Å². The van der Waals surface area contributed by atoms with Gasteiger partial charge in [-0.15, -0.1) is 0 Å². The molecule has 3 heterocycles. The third kappa shape index (κ3) is 4.33. The predicted octanol–water partition coefficient (Wildman–Crippen LogP) is 3.64. The van der Waals surface area contributed by atoms with Gasteiger partial charge in [-0.3, -0.25) is 14.6 Å². The van der Waals surface area contributed by atoms with Crippen LogP contribution in [0.4, 0.5) is 0 Å². The molecule has 2 N–H and O–H groups in total. The molecule has 0 unspecified atom stereocenters. The zero-order chi connectivity index (χ0) is 18.4. The number of para-hydroxylation sites is 2. The highest BCUT2D eigenvalue weighted by atomic mass is 35.5. The molecule has 0 bridgehead atoms. The summed E-state index contributed by atoms with van der Waals surface area (Å²) in [6.45, 7) is 0. The molecule has 9 heteroatoms. The lowest BCUT2D eigenvalue weighted by Crippen LogP contribution is -2.14. The van der Waals surface area contributed by atoms with Crippen molar-refractivity contribution in [3.8, 4) is 11.5 Å². The molecule has 130 valence electrons. The van der Waals surface area contributed by atoms with Crippen LogP contribution >= 0.6 is 23.4 Å². The van der Waals surface area contributed by atoms with Crippen molar-refractivity contribution in [2.75, 3.05) is 0 Å². The fourth-order valence-corrected chi connectivity index (χ4v) is 2.33. The Morgan fingerprint density at radius 3 is 2.54 bits per heavy atom. The molecule has 0 saturated heterocycles. The van der Waals surface area contributed by atoms with Gasteiger partial charge in [-0.1, -0.05) is 29.8 Å². The van der Waals surface area contributed by atoms with Crippen molar-refractivity contribution >= 4 is 40.3 Å². The van der Waals surface area contributed by atoms with Gasteiger partial charge in [-0.05, 0) is 24.3 Å². The van der Waals surface area contributed by atoms with E-state index < -0.39 is 5.91 Å². The Morgan fingerprint density at radius 1 is 1.04 bits per heavy atom. The van der Waals surface area contributed by atoms with E-state index >= 15 is 0 Å². The number of nitrogens with zero attached hydrogens (tertiary/aromatic N) is 4. The van der Waals surface area contributed by atoms with Crippen LogP contribution in [0.2, 0.25) is 5.15 Å². The highest BCUT2D eigenvalue weighted by molar-refractivity contribution is 6.30. The molecule has 0 saturated carbocycles. The number of carbonyl (C=O) groups is 1. The second-order valence-corrected chi connectivity index (χ2v) is 5.54. The maximum absolute atomic E-state index is 10.8. The van der Waals surface area contributed by atoms with Gasteiger partial charge in [0.2, 0.25) is 0 Å². The molecule has 0 fully saturated rings. The van der Waals surface area contributed by atoms with Gasteiger partial charge < -0.3 is 4.98 Å². The average Bonchev–Trinajstić information content (AvgIpc) is 3.13. The minimum atomic E-state index is -0.504. The number of imidazole rings is 1. The smallest absolute Gasteiger partial charge is 0.284 e. The topological polar surface area (TPSA) is 96.5 Å². The van der Waals surface area contributed by atoms with Gasteiger partial charge in [0, 0.05) is 24.0 Å². The number of pyridine rings is 1. The van der Waals surface area contributed by atoms with Crippen LogP contribution in [0.15, 0.2) is 61.1 Å². The number of hydrogen-bond donors (Lipinski definition) is 2. The molecule has 0 atom stereocenters. The summed E-state index contributed by atoms with van der Waals surface area (Å²) in [5.41, 5.74) is 3.02. The molecule has 0 aliphatic carbocycles. The largest absolute Gasteiger partial charge is 0.337 e. The molecule has 1 amide bonds. The number of aromatic amines is 1. The number of carbonyl (C=O) groups excluding carboxylic acids is 1. The summed E-state index contributed by atoms with van der Waals surface area (Å²) in [4.78, 5) is 31.8. The van der Waals surface area contributed by atoms with Gasteiger partial charge in [-0.25, -0.2) is 15.0 Å². The van der Waals surface area contributed by atoms with Crippen LogP contribution in [0.25, 0.3) is 22.6 Å². The Hall–Kier alpha value is -3.03.